The molecule has 0 saturated carbocycles. The van der Waals surface area contributed by atoms with Gasteiger partial charge in [0.1, 0.15) is 29.8 Å². The van der Waals surface area contributed by atoms with Gasteiger partial charge in [0, 0.05) is 18.4 Å². The van der Waals surface area contributed by atoms with Crippen LogP contribution in [0.3, 0.4) is 0 Å². The van der Waals surface area contributed by atoms with Crippen LogP contribution in [0, 0.1) is 5.82 Å². The summed E-state index contributed by atoms with van der Waals surface area (Å²) in [4.78, 5) is 9.59. The van der Waals surface area contributed by atoms with Crippen LogP contribution in [0.4, 0.5) is 4.39 Å². The smallest absolute Gasteiger partial charge is 0.123 e. The van der Waals surface area contributed by atoms with E-state index in [1.165, 1.54) is 11.6 Å². The molecule has 0 aliphatic carbocycles. The third-order valence-electron chi connectivity index (χ3n) is 7.82. The molecular formula is C40H39FN4O. The van der Waals surface area contributed by atoms with Gasteiger partial charge in [-0.15, -0.1) is 0 Å². The molecule has 0 aliphatic heterocycles. The molecule has 7 aromatic rings. The highest BCUT2D eigenvalue weighted by Crippen LogP contribution is 2.26. The van der Waals surface area contributed by atoms with E-state index in [4.69, 9.17) is 14.7 Å². The normalized spacial score (nSPS) is 11.4. The Bertz CT molecular complexity index is 2020. The first-order valence-electron chi connectivity index (χ1n) is 15.7. The molecule has 5 nitrogen and oxygen atoms in total. The van der Waals surface area contributed by atoms with Gasteiger partial charge in [0.05, 0.1) is 28.6 Å². The van der Waals surface area contributed by atoms with E-state index < -0.39 is 0 Å². The van der Waals surface area contributed by atoms with Crippen molar-refractivity contribution in [3.8, 4) is 5.75 Å². The zero-order valence-electron chi connectivity index (χ0n) is 26.6. The molecule has 0 fully saturated rings. The molecule has 0 N–H and O–H groups in total. The molecular weight excluding hydrogens is 571 g/mol. The average molecular weight is 611 g/mol. The lowest BCUT2D eigenvalue weighted by atomic mass is 10.1. The molecule has 5 aromatic carbocycles. The van der Waals surface area contributed by atoms with Crippen LogP contribution in [0.2, 0.25) is 0 Å². The number of nitrogens with zero attached hydrogens (tertiary/aromatic N) is 4. The maximum atomic E-state index is 13.4. The lowest BCUT2D eigenvalue weighted by Crippen LogP contribution is -2.24. The number of benzene rings is 5. The number of ether oxygens (including phenoxy) is 1. The number of hydrogen-bond acceptors (Lipinski definition) is 3. The number of aromatic nitrogens is 4. The van der Waals surface area contributed by atoms with Crippen molar-refractivity contribution in [3.05, 3.63) is 162 Å². The van der Waals surface area contributed by atoms with Crippen molar-refractivity contribution in [2.24, 2.45) is 0 Å². The van der Waals surface area contributed by atoms with Gasteiger partial charge in [-0.2, -0.15) is 0 Å². The van der Waals surface area contributed by atoms with Gasteiger partial charge < -0.3 is 13.9 Å². The van der Waals surface area contributed by atoms with Crippen molar-refractivity contribution in [3.63, 3.8) is 0 Å². The first-order valence-corrected chi connectivity index (χ1v) is 15.7. The highest BCUT2D eigenvalue weighted by molar-refractivity contribution is 5.77. The van der Waals surface area contributed by atoms with E-state index >= 15 is 0 Å². The van der Waals surface area contributed by atoms with Crippen LogP contribution in [0.15, 0.2) is 133 Å². The minimum atomic E-state index is -0.203. The second-order valence-corrected chi connectivity index (χ2v) is 12.3. The van der Waals surface area contributed by atoms with Crippen LogP contribution in [-0.4, -0.2) is 25.7 Å². The van der Waals surface area contributed by atoms with Crippen LogP contribution >= 0.6 is 0 Å². The molecule has 0 spiro atoms. The molecule has 2 heterocycles. The Morgan fingerprint density at radius 3 is 1.87 bits per heavy atom. The van der Waals surface area contributed by atoms with E-state index in [0.717, 1.165) is 58.0 Å². The summed E-state index contributed by atoms with van der Waals surface area (Å²) in [5, 5.41) is 0. The summed E-state index contributed by atoms with van der Waals surface area (Å²) in [6.07, 6.45) is 1.45. The van der Waals surface area contributed by atoms with Crippen molar-refractivity contribution >= 4 is 22.1 Å². The van der Waals surface area contributed by atoms with Crippen molar-refractivity contribution in [1.29, 1.82) is 0 Å². The number of hydrogen-bond donors (Lipinski definition) is 0. The zero-order chi connectivity index (χ0) is 31.9. The predicted octanol–water partition coefficient (Wildman–Crippen LogP) is 9.23. The summed E-state index contributed by atoms with van der Waals surface area (Å²) in [5.74, 6) is 2.74. The van der Waals surface area contributed by atoms with Gasteiger partial charge in [0.25, 0.3) is 0 Å². The molecule has 0 bridgehead atoms. The summed E-state index contributed by atoms with van der Waals surface area (Å²) in [6.45, 7) is 7.88. The first-order chi connectivity index (χ1) is 22.3. The maximum absolute atomic E-state index is 13.4. The Kier molecular flexibility index (Phi) is 9.25. The van der Waals surface area contributed by atoms with E-state index in [1.54, 1.807) is 12.1 Å². The lowest BCUT2D eigenvalue weighted by Gasteiger charge is -2.24. The van der Waals surface area contributed by atoms with E-state index in [1.807, 2.05) is 66.7 Å². The topological polar surface area (TPSA) is 44.9 Å². The molecule has 0 unspecified atom stereocenters. The Hall–Kier alpha value is -5.23. The molecule has 6 heteroatoms. The van der Waals surface area contributed by atoms with Gasteiger partial charge >= 0.3 is 0 Å². The summed E-state index contributed by atoms with van der Waals surface area (Å²) < 4.78 is 23.8. The summed E-state index contributed by atoms with van der Waals surface area (Å²) >= 11 is 0. The van der Waals surface area contributed by atoms with Crippen LogP contribution in [0.1, 0.15) is 43.5 Å². The Labute approximate surface area is 270 Å². The van der Waals surface area contributed by atoms with E-state index in [2.05, 4.69) is 78.4 Å². The average Bonchev–Trinajstić information content (AvgIpc) is 3.60. The molecule has 0 aliphatic rings. The highest BCUT2D eigenvalue weighted by atomic mass is 19.1. The lowest BCUT2D eigenvalue weighted by molar-refractivity contribution is 0.298. The Morgan fingerprint density at radius 1 is 0.609 bits per heavy atom. The number of halogens is 1. The second-order valence-electron chi connectivity index (χ2n) is 12.3. The number of fused-ring (bicyclic) bond motifs is 2. The molecule has 232 valence electrons. The summed E-state index contributed by atoms with van der Waals surface area (Å²) in [7, 11) is 0. The van der Waals surface area contributed by atoms with Gasteiger partial charge in [0.15, 0.2) is 0 Å². The van der Waals surface area contributed by atoms with Gasteiger partial charge in [-0.05, 0) is 80.4 Å². The zero-order valence-corrected chi connectivity index (χ0v) is 26.6. The SMILES string of the molecule is CC(C)(C)n1c(Cc2cccc(F)c2)nc2ccccc21.c1ccc(Cc2nc3ccccc3n2CCOc2ccccc2)cc1. The second kappa shape index (κ2) is 13.8. The Balaban J connectivity index is 0.000000164. The largest absolute Gasteiger partial charge is 0.492 e. The summed E-state index contributed by atoms with van der Waals surface area (Å²) in [5.41, 5.74) is 6.44. The molecule has 0 atom stereocenters. The minimum Gasteiger partial charge on any atom is -0.492 e. The molecule has 0 amide bonds. The van der Waals surface area contributed by atoms with Crippen LogP contribution in [-0.2, 0) is 24.9 Å². The fourth-order valence-corrected chi connectivity index (χ4v) is 5.83. The van der Waals surface area contributed by atoms with Gasteiger partial charge in [-0.25, -0.2) is 14.4 Å². The van der Waals surface area contributed by atoms with Crippen molar-refractivity contribution in [2.45, 2.75) is 45.7 Å². The fourth-order valence-electron chi connectivity index (χ4n) is 5.83. The van der Waals surface area contributed by atoms with Crippen molar-refractivity contribution in [2.75, 3.05) is 6.61 Å². The monoisotopic (exact) mass is 610 g/mol. The first kappa shape index (κ1) is 30.8. The van der Waals surface area contributed by atoms with Crippen LogP contribution in [0.25, 0.3) is 22.1 Å². The maximum Gasteiger partial charge on any atom is 0.123 e. The third kappa shape index (κ3) is 7.35. The van der Waals surface area contributed by atoms with E-state index in [-0.39, 0.29) is 11.4 Å². The highest BCUT2D eigenvalue weighted by Gasteiger charge is 2.21. The van der Waals surface area contributed by atoms with E-state index in [9.17, 15) is 4.39 Å². The van der Waals surface area contributed by atoms with Gasteiger partial charge in [0.2, 0.25) is 0 Å². The molecule has 0 saturated heterocycles. The minimum absolute atomic E-state index is 0.0707. The van der Waals surface area contributed by atoms with Crippen LogP contribution < -0.4 is 4.74 Å². The standard InChI is InChI=1S/C22H20N2O.C18H19FN2/c1-3-9-18(10-4-1)17-22-23-20-13-7-8-14-21(20)24(22)15-16-25-19-11-5-2-6-12-19;1-18(2,3)21-16-10-5-4-9-15(16)20-17(21)12-13-7-6-8-14(19)11-13/h1-14H,15-17H2;4-11H,12H2,1-3H3. The third-order valence-corrected chi connectivity index (χ3v) is 7.82. The molecule has 2 aromatic heterocycles. The quantitative estimate of drug-likeness (QED) is 0.172. The summed E-state index contributed by atoms with van der Waals surface area (Å²) in [6, 6.07) is 43.5. The molecule has 46 heavy (non-hydrogen) atoms. The Morgan fingerprint density at radius 2 is 1.17 bits per heavy atom. The number of imidazole rings is 2. The molecule has 0 radical (unpaired) electrons. The van der Waals surface area contributed by atoms with Crippen molar-refractivity contribution < 1.29 is 9.13 Å². The van der Waals surface area contributed by atoms with E-state index in [0.29, 0.717) is 13.0 Å². The number of para-hydroxylation sites is 5. The fraction of sp³-hybridized carbons (Fsp3) is 0.200. The number of rotatable bonds is 8. The van der Waals surface area contributed by atoms with Gasteiger partial charge in [-0.3, -0.25) is 0 Å². The van der Waals surface area contributed by atoms with Crippen molar-refractivity contribution in [1.82, 2.24) is 19.1 Å². The van der Waals surface area contributed by atoms with Crippen LogP contribution in [0.5, 0.6) is 5.75 Å². The van der Waals surface area contributed by atoms with Gasteiger partial charge in [-0.1, -0.05) is 84.9 Å². The predicted molar refractivity (Wildman–Crippen MR) is 185 cm³/mol. The molecule has 7 rings (SSSR count).